The van der Waals surface area contributed by atoms with Crippen LogP contribution < -0.4 is 5.32 Å². The van der Waals surface area contributed by atoms with E-state index in [9.17, 15) is 14.9 Å². The standard InChI is InChI=1S/C17H13ClN4O4/c18-13-5-1-3-11(9-13)16-20-15(26-21-16)7-8-19-17(23)12-4-2-6-14(10-12)22(24)25/h1-6,9-10H,7-8H2,(H,19,23). The molecule has 0 spiro atoms. The molecule has 0 saturated heterocycles. The van der Waals surface area contributed by atoms with Gasteiger partial charge in [0.2, 0.25) is 11.7 Å². The van der Waals surface area contributed by atoms with Crippen LogP contribution in [0.1, 0.15) is 16.2 Å². The fourth-order valence-corrected chi connectivity index (χ4v) is 2.44. The molecular formula is C17H13ClN4O4. The summed E-state index contributed by atoms with van der Waals surface area (Å²) < 4.78 is 5.15. The Bertz CT molecular complexity index is 957. The fourth-order valence-electron chi connectivity index (χ4n) is 2.25. The van der Waals surface area contributed by atoms with Gasteiger partial charge in [0.1, 0.15) is 0 Å². The number of hydrogen-bond donors (Lipinski definition) is 1. The highest BCUT2D eigenvalue weighted by Crippen LogP contribution is 2.20. The summed E-state index contributed by atoms with van der Waals surface area (Å²) in [6.45, 7) is 0.249. The maximum absolute atomic E-state index is 12.1. The third-order valence-electron chi connectivity index (χ3n) is 3.49. The number of carbonyl (C=O) groups excluding carboxylic acids is 1. The lowest BCUT2D eigenvalue weighted by molar-refractivity contribution is -0.384. The number of nitro benzene ring substituents is 1. The summed E-state index contributed by atoms with van der Waals surface area (Å²) in [5.41, 5.74) is 0.804. The van der Waals surface area contributed by atoms with E-state index in [1.54, 1.807) is 18.2 Å². The molecule has 0 bridgehead atoms. The van der Waals surface area contributed by atoms with E-state index in [4.69, 9.17) is 16.1 Å². The molecule has 0 radical (unpaired) electrons. The van der Waals surface area contributed by atoms with Gasteiger partial charge in [-0.3, -0.25) is 14.9 Å². The molecule has 0 atom stereocenters. The first-order valence-electron chi connectivity index (χ1n) is 7.64. The van der Waals surface area contributed by atoms with Crippen LogP contribution in [0, 0.1) is 10.1 Å². The molecule has 9 heteroatoms. The van der Waals surface area contributed by atoms with Gasteiger partial charge in [-0.2, -0.15) is 4.98 Å². The zero-order chi connectivity index (χ0) is 18.5. The third-order valence-corrected chi connectivity index (χ3v) is 3.73. The van der Waals surface area contributed by atoms with Crippen LogP contribution in [0.15, 0.2) is 53.1 Å². The first kappa shape index (κ1) is 17.6. The molecule has 132 valence electrons. The Morgan fingerprint density at radius 3 is 2.81 bits per heavy atom. The van der Waals surface area contributed by atoms with Crippen LogP contribution in [0.5, 0.6) is 0 Å². The molecule has 1 aromatic heterocycles. The van der Waals surface area contributed by atoms with Crippen LogP contribution >= 0.6 is 11.6 Å². The number of aromatic nitrogens is 2. The summed E-state index contributed by atoms with van der Waals surface area (Å²) in [4.78, 5) is 26.5. The average molecular weight is 373 g/mol. The highest BCUT2D eigenvalue weighted by Gasteiger charge is 2.12. The highest BCUT2D eigenvalue weighted by atomic mass is 35.5. The van der Waals surface area contributed by atoms with Crippen LogP contribution in [0.25, 0.3) is 11.4 Å². The molecule has 0 aliphatic rings. The van der Waals surface area contributed by atoms with Gasteiger partial charge in [0.25, 0.3) is 11.6 Å². The smallest absolute Gasteiger partial charge is 0.270 e. The fraction of sp³-hybridized carbons (Fsp3) is 0.118. The van der Waals surface area contributed by atoms with Gasteiger partial charge in [0, 0.05) is 41.2 Å². The summed E-state index contributed by atoms with van der Waals surface area (Å²) in [7, 11) is 0. The number of nitro groups is 1. The van der Waals surface area contributed by atoms with Gasteiger partial charge in [-0.15, -0.1) is 0 Å². The summed E-state index contributed by atoms with van der Waals surface area (Å²) >= 11 is 5.93. The van der Waals surface area contributed by atoms with Crippen molar-refractivity contribution < 1.29 is 14.2 Å². The van der Waals surface area contributed by atoms with Crippen LogP contribution in [0.3, 0.4) is 0 Å². The number of rotatable bonds is 6. The Balaban J connectivity index is 1.58. The monoisotopic (exact) mass is 372 g/mol. The molecular weight excluding hydrogens is 360 g/mol. The van der Waals surface area contributed by atoms with E-state index in [1.165, 1.54) is 24.3 Å². The number of non-ortho nitro benzene ring substituents is 1. The van der Waals surface area contributed by atoms with E-state index in [1.807, 2.05) is 6.07 Å². The molecule has 0 saturated carbocycles. The number of nitrogens with zero attached hydrogens (tertiary/aromatic N) is 3. The van der Waals surface area contributed by atoms with Gasteiger partial charge >= 0.3 is 0 Å². The SMILES string of the molecule is O=C(NCCc1nc(-c2cccc(Cl)c2)no1)c1cccc([N+](=O)[O-])c1. The average Bonchev–Trinajstić information content (AvgIpc) is 3.10. The lowest BCUT2D eigenvalue weighted by Crippen LogP contribution is -2.25. The van der Waals surface area contributed by atoms with Crippen molar-refractivity contribution in [3.8, 4) is 11.4 Å². The van der Waals surface area contributed by atoms with Crippen molar-refractivity contribution in [2.75, 3.05) is 6.54 Å². The number of halogens is 1. The van der Waals surface area contributed by atoms with Crippen molar-refractivity contribution >= 4 is 23.2 Å². The Hall–Kier alpha value is -3.26. The molecule has 2 aromatic carbocycles. The van der Waals surface area contributed by atoms with E-state index >= 15 is 0 Å². The number of amides is 1. The molecule has 1 amide bonds. The van der Waals surface area contributed by atoms with E-state index in [0.29, 0.717) is 23.2 Å². The second kappa shape index (κ2) is 7.75. The first-order chi connectivity index (χ1) is 12.5. The normalized spacial score (nSPS) is 10.5. The zero-order valence-electron chi connectivity index (χ0n) is 13.4. The molecule has 0 unspecified atom stereocenters. The second-order valence-corrected chi connectivity index (χ2v) is 5.77. The minimum absolute atomic E-state index is 0.138. The Kier molecular flexibility index (Phi) is 5.23. The molecule has 0 aliphatic carbocycles. The second-order valence-electron chi connectivity index (χ2n) is 5.34. The lowest BCUT2D eigenvalue weighted by Gasteiger charge is -2.03. The minimum atomic E-state index is -0.549. The Morgan fingerprint density at radius 2 is 2.04 bits per heavy atom. The Labute approximate surface area is 152 Å². The van der Waals surface area contributed by atoms with Gasteiger partial charge in [0.05, 0.1) is 4.92 Å². The van der Waals surface area contributed by atoms with Crippen molar-refractivity contribution in [3.63, 3.8) is 0 Å². The van der Waals surface area contributed by atoms with Gasteiger partial charge in [-0.05, 0) is 18.2 Å². The number of nitrogens with one attached hydrogen (secondary N) is 1. The van der Waals surface area contributed by atoms with Crippen molar-refractivity contribution in [1.29, 1.82) is 0 Å². The summed E-state index contributed by atoms with van der Waals surface area (Å²) in [5, 5.41) is 17.9. The van der Waals surface area contributed by atoms with E-state index in [-0.39, 0.29) is 17.8 Å². The summed E-state index contributed by atoms with van der Waals surface area (Å²) in [6.07, 6.45) is 0.328. The predicted molar refractivity (Wildman–Crippen MR) is 93.9 cm³/mol. The molecule has 3 rings (SSSR count). The number of hydrogen-bond acceptors (Lipinski definition) is 6. The molecule has 3 aromatic rings. The molecule has 0 aliphatic heterocycles. The maximum Gasteiger partial charge on any atom is 0.270 e. The van der Waals surface area contributed by atoms with Crippen LogP contribution in [0.2, 0.25) is 5.02 Å². The van der Waals surface area contributed by atoms with E-state index < -0.39 is 10.8 Å². The number of carbonyl (C=O) groups is 1. The number of benzene rings is 2. The van der Waals surface area contributed by atoms with Gasteiger partial charge < -0.3 is 9.84 Å². The largest absolute Gasteiger partial charge is 0.352 e. The van der Waals surface area contributed by atoms with Gasteiger partial charge in [0.15, 0.2) is 0 Å². The van der Waals surface area contributed by atoms with E-state index in [2.05, 4.69) is 15.5 Å². The molecule has 26 heavy (non-hydrogen) atoms. The van der Waals surface area contributed by atoms with Crippen LogP contribution in [-0.4, -0.2) is 27.5 Å². The molecule has 0 fully saturated rings. The highest BCUT2D eigenvalue weighted by molar-refractivity contribution is 6.30. The first-order valence-corrected chi connectivity index (χ1v) is 8.02. The van der Waals surface area contributed by atoms with Crippen molar-refractivity contribution in [2.24, 2.45) is 0 Å². The zero-order valence-corrected chi connectivity index (χ0v) is 14.1. The van der Waals surface area contributed by atoms with Crippen molar-refractivity contribution in [2.45, 2.75) is 6.42 Å². The minimum Gasteiger partial charge on any atom is -0.352 e. The van der Waals surface area contributed by atoms with Crippen molar-refractivity contribution in [3.05, 3.63) is 75.1 Å². The van der Waals surface area contributed by atoms with Gasteiger partial charge in [-0.25, -0.2) is 0 Å². The lowest BCUT2D eigenvalue weighted by atomic mass is 10.2. The van der Waals surface area contributed by atoms with Crippen LogP contribution in [-0.2, 0) is 6.42 Å². The summed E-state index contributed by atoms with van der Waals surface area (Å²) in [6, 6.07) is 12.6. The van der Waals surface area contributed by atoms with Crippen molar-refractivity contribution in [1.82, 2.24) is 15.5 Å². The Morgan fingerprint density at radius 1 is 1.23 bits per heavy atom. The topological polar surface area (TPSA) is 111 Å². The molecule has 8 nitrogen and oxygen atoms in total. The van der Waals surface area contributed by atoms with Crippen LogP contribution in [0.4, 0.5) is 5.69 Å². The maximum atomic E-state index is 12.1. The van der Waals surface area contributed by atoms with Gasteiger partial charge in [-0.1, -0.05) is 35.0 Å². The van der Waals surface area contributed by atoms with E-state index in [0.717, 1.165) is 5.56 Å². The summed E-state index contributed by atoms with van der Waals surface area (Å²) in [5.74, 6) is 0.357. The predicted octanol–water partition coefficient (Wildman–Crippen LogP) is 3.27. The molecule has 1 N–H and O–H groups in total. The molecule has 1 heterocycles. The quantitative estimate of drug-likeness (QED) is 0.525. The third kappa shape index (κ3) is 4.22.